The summed E-state index contributed by atoms with van der Waals surface area (Å²) in [6.45, 7) is -0.383. The van der Waals surface area contributed by atoms with Gasteiger partial charge < -0.3 is 4.74 Å². The van der Waals surface area contributed by atoms with E-state index in [9.17, 15) is 13.2 Å². The average molecular weight is 218 g/mol. The third kappa shape index (κ3) is 1.74. The molecule has 0 bridgehead atoms. The highest BCUT2D eigenvalue weighted by atomic mass is 19.4. The summed E-state index contributed by atoms with van der Waals surface area (Å²) in [7, 11) is 0. The minimum Gasteiger partial charge on any atom is -0.469 e. The maximum atomic E-state index is 12.7. The fourth-order valence-electron chi connectivity index (χ4n) is 1.58. The van der Waals surface area contributed by atoms with Gasteiger partial charge in [-0.15, -0.1) is 5.10 Å². The lowest BCUT2D eigenvalue weighted by molar-refractivity contribution is -0.259. The highest BCUT2D eigenvalue weighted by Crippen LogP contribution is 2.52. The van der Waals surface area contributed by atoms with Crippen molar-refractivity contribution in [1.82, 2.24) is 10.2 Å². The number of alkyl halides is 3. The number of hydrogen-bond donors (Lipinski definition) is 1. The molecule has 1 aliphatic rings. The molecule has 0 unspecified atom stereocenters. The highest BCUT2D eigenvalue weighted by molar-refractivity contribution is 4.99. The molecule has 0 atom stereocenters. The van der Waals surface area contributed by atoms with E-state index in [1.807, 2.05) is 0 Å². The molecule has 1 N–H and O–H groups in total. The second-order valence-electron chi connectivity index (χ2n) is 3.70. The Morgan fingerprint density at radius 2 is 2.20 bits per heavy atom. The molecule has 6 heteroatoms. The van der Waals surface area contributed by atoms with E-state index >= 15 is 0 Å². The number of nitrogens with one attached hydrogen (secondary N) is 1. The largest absolute Gasteiger partial charge is 0.469 e. The maximum Gasteiger partial charge on any atom is 0.397 e. The van der Waals surface area contributed by atoms with Crippen LogP contribution in [0.15, 0.2) is 0 Å². The van der Waals surface area contributed by atoms with Gasteiger partial charge in [-0.1, -0.05) is 6.42 Å². The molecule has 3 nitrogen and oxygen atoms in total. The molecule has 0 saturated heterocycles. The Hall–Kier alpha value is -1.38. The fraction of sp³-hybridized carbons (Fsp3) is 0.667. The van der Waals surface area contributed by atoms with Crippen LogP contribution in [0.3, 0.4) is 0 Å². The van der Waals surface area contributed by atoms with Crippen molar-refractivity contribution in [3.63, 3.8) is 0 Å². The molecule has 1 heterocycles. The van der Waals surface area contributed by atoms with Gasteiger partial charge in [0, 0.05) is 12.3 Å². The molecule has 0 spiro atoms. The quantitative estimate of drug-likeness (QED) is 0.843. The molecule has 0 amide bonds. The Labute approximate surface area is 84.6 Å². The number of aromatic nitrogens is 2. The minimum atomic E-state index is -4.20. The maximum absolute atomic E-state index is 12.7. The Morgan fingerprint density at radius 1 is 1.47 bits per heavy atom. The Morgan fingerprint density at radius 3 is 2.60 bits per heavy atom. The third-order valence-electron chi connectivity index (χ3n) is 2.78. The zero-order chi connectivity index (χ0) is 10.9. The van der Waals surface area contributed by atoms with Gasteiger partial charge in [0.1, 0.15) is 12.0 Å². The van der Waals surface area contributed by atoms with Crippen molar-refractivity contribution in [2.24, 2.45) is 5.41 Å². The van der Waals surface area contributed by atoms with Crippen LogP contribution in [0.4, 0.5) is 13.2 Å². The van der Waals surface area contributed by atoms with Crippen LogP contribution in [-0.2, 0) is 0 Å². The molecule has 0 aliphatic heterocycles. The number of ether oxygens (including phenoxy) is 1. The summed E-state index contributed by atoms with van der Waals surface area (Å²) in [6, 6.07) is 2.43. The van der Waals surface area contributed by atoms with Crippen molar-refractivity contribution < 1.29 is 17.9 Å². The van der Waals surface area contributed by atoms with Gasteiger partial charge in [0.05, 0.1) is 0 Å². The predicted molar refractivity (Wildman–Crippen MR) is 44.1 cm³/mol. The van der Waals surface area contributed by atoms with Gasteiger partial charge >= 0.3 is 6.18 Å². The predicted octanol–water partition coefficient (Wildman–Crippen LogP) is 2.12. The van der Waals surface area contributed by atoms with Crippen LogP contribution in [0, 0.1) is 17.7 Å². The first-order chi connectivity index (χ1) is 7.04. The van der Waals surface area contributed by atoms with E-state index in [1.54, 1.807) is 0 Å². The number of H-pyrrole nitrogens is 1. The number of hydrogen-bond acceptors (Lipinski definition) is 2. The van der Waals surface area contributed by atoms with Crippen LogP contribution in [-0.4, -0.2) is 23.0 Å². The summed E-state index contributed by atoms with van der Waals surface area (Å²) >= 11 is 0. The van der Waals surface area contributed by atoms with E-state index in [4.69, 9.17) is 4.74 Å². The lowest BCUT2D eigenvalue weighted by Crippen LogP contribution is -2.48. The first-order valence-electron chi connectivity index (χ1n) is 4.57. The standard InChI is InChI=1S/C9H9F3N2O/c10-9(11,12)8(3-1-4-8)6-15-7-2-5-13-14-7/h13H,1,3-4,6H2. The summed E-state index contributed by atoms with van der Waals surface area (Å²) in [5, 5.41) is 5.84. The summed E-state index contributed by atoms with van der Waals surface area (Å²) in [4.78, 5) is 0. The van der Waals surface area contributed by atoms with E-state index in [1.165, 1.54) is 0 Å². The Balaban J connectivity index is 1.97. The number of aromatic amines is 1. The third-order valence-corrected chi connectivity index (χ3v) is 2.78. The molecular formula is C9H9F3N2O. The van der Waals surface area contributed by atoms with Crippen LogP contribution in [0.1, 0.15) is 19.3 Å². The van der Waals surface area contributed by atoms with Crippen molar-refractivity contribution in [2.75, 3.05) is 6.61 Å². The van der Waals surface area contributed by atoms with Crippen LogP contribution in [0.2, 0.25) is 0 Å². The zero-order valence-electron chi connectivity index (χ0n) is 7.82. The first-order valence-corrected chi connectivity index (χ1v) is 4.57. The van der Waals surface area contributed by atoms with Gasteiger partial charge in [0.2, 0.25) is 0 Å². The topological polar surface area (TPSA) is 37.9 Å². The summed E-state index contributed by atoms with van der Waals surface area (Å²) in [5.74, 6) is 0.0329. The first kappa shape index (κ1) is 10.1. The van der Waals surface area contributed by atoms with Crippen LogP contribution in [0.5, 0.6) is 5.88 Å². The second-order valence-corrected chi connectivity index (χ2v) is 3.70. The van der Waals surface area contributed by atoms with Gasteiger partial charge in [0.25, 0.3) is 5.88 Å². The molecular weight excluding hydrogens is 209 g/mol. The lowest BCUT2D eigenvalue weighted by atomic mass is 9.69. The van der Waals surface area contributed by atoms with Crippen molar-refractivity contribution >= 4 is 0 Å². The molecule has 1 saturated carbocycles. The van der Waals surface area contributed by atoms with E-state index < -0.39 is 11.6 Å². The van der Waals surface area contributed by atoms with E-state index in [0.717, 1.165) is 0 Å². The highest BCUT2D eigenvalue weighted by Gasteiger charge is 2.58. The Kier molecular flexibility index (Phi) is 2.25. The number of nitrogens with zero attached hydrogens (tertiary/aromatic N) is 1. The molecule has 0 radical (unpaired) electrons. The fourth-order valence-corrected chi connectivity index (χ4v) is 1.58. The van der Waals surface area contributed by atoms with E-state index in [0.29, 0.717) is 6.42 Å². The second kappa shape index (κ2) is 3.33. The SMILES string of the molecule is FC(F)(F)C1(COc2c#c[nH]n2)CCC1. The average Bonchev–Trinajstić information content (AvgIpc) is 2.51. The molecule has 1 aromatic rings. The normalized spacial score (nSPS) is 19.1. The molecule has 82 valence electrons. The van der Waals surface area contributed by atoms with Gasteiger partial charge in [0.15, 0.2) is 0 Å². The van der Waals surface area contributed by atoms with Crippen LogP contribution < -0.4 is 4.74 Å². The van der Waals surface area contributed by atoms with Crippen molar-refractivity contribution in [3.8, 4) is 5.88 Å². The lowest BCUT2D eigenvalue weighted by Gasteiger charge is -2.42. The summed E-state index contributed by atoms with van der Waals surface area (Å²) in [5.41, 5.74) is -1.68. The van der Waals surface area contributed by atoms with Gasteiger partial charge in [-0.2, -0.15) is 13.2 Å². The van der Waals surface area contributed by atoms with Gasteiger partial charge in [-0.05, 0) is 12.8 Å². The van der Waals surface area contributed by atoms with E-state index in [-0.39, 0.29) is 25.3 Å². The monoisotopic (exact) mass is 218 g/mol. The number of rotatable bonds is 3. The molecule has 1 fully saturated rings. The zero-order valence-corrected chi connectivity index (χ0v) is 7.82. The minimum absolute atomic E-state index is 0.0329. The molecule has 0 aromatic carbocycles. The van der Waals surface area contributed by atoms with E-state index in [2.05, 4.69) is 22.5 Å². The van der Waals surface area contributed by atoms with Gasteiger partial charge in [-0.3, -0.25) is 0 Å². The molecule has 1 aliphatic carbocycles. The smallest absolute Gasteiger partial charge is 0.397 e. The van der Waals surface area contributed by atoms with Crippen molar-refractivity contribution in [2.45, 2.75) is 25.4 Å². The molecule has 15 heavy (non-hydrogen) atoms. The van der Waals surface area contributed by atoms with Crippen LogP contribution in [0.25, 0.3) is 0 Å². The van der Waals surface area contributed by atoms with Crippen LogP contribution >= 0.6 is 0 Å². The Bertz CT molecular complexity index is 317. The van der Waals surface area contributed by atoms with Gasteiger partial charge in [-0.25, -0.2) is 5.10 Å². The molecule has 2 rings (SSSR count). The number of halogens is 3. The summed E-state index contributed by atoms with van der Waals surface area (Å²) < 4.78 is 42.9. The van der Waals surface area contributed by atoms with Crippen molar-refractivity contribution in [1.29, 1.82) is 0 Å². The van der Waals surface area contributed by atoms with Crippen molar-refractivity contribution in [3.05, 3.63) is 12.3 Å². The summed E-state index contributed by atoms with van der Waals surface area (Å²) in [6.07, 6.45) is -0.974. The molecule has 1 aromatic heterocycles.